The average molecular weight is 347 g/mol. The number of fused-ring (bicyclic) bond motifs is 1. The number of H-pyrrole nitrogens is 1. The van der Waals surface area contributed by atoms with Crippen LogP contribution in [-0.4, -0.2) is 24.4 Å². The fraction of sp³-hybridized carbons (Fsp3) is 0.250. The lowest BCUT2D eigenvalue weighted by atomic mass is 10.1. The first-order valence-electron chi connectivity index (χ1n) is 8.70. The number of rotatable bonds is 4. The molecule has 0 aliphatic heterocycles. The van der Waals surface area contributed by atoms with Crippen molar-refractivity contribution in [2.24, 2.45) is 0 Å². The minimum atomic E-state index is -0.0975. The van der Waals surface area contributed by atoms with E-state index in [0.29, 0.717) is 12.1 Å². The summed E-state index contributed by atoms with van der Waals surface area (Å²) < 4.78 is 3.40. The molecule has 26 heavy (non-hydrogen) atoms. The smallest absolute Gasteiger partial charge is 0.272 e. The van der Waals surface area contributed by atoms with Crippen LogP contribution in [0.5, 0.6) is 0 Å². The van der Waals surface area contributed by atoms with Gasteiger partial charge in [-0.2, -0.15) is 5.10 Å². The molecule has 0 unspecified atom stereocenters. The van der Waals surface area contributed by atoms with Crippen molar-refractivity contribution in [2.75, 3.05) is 0 Å². The Labute approximate surface area is 151 Å². The molecule has 0 saturated heterocycles. The molecule has 4 rings (SSSR count). The molecule has 0 amide bonds. The number of aryl methyl sites for hydroxylation is 2. The number of aromatic nitrogens is 5. The zero-order valence-corrected chi connectivity index (χ0v) is 15.1. The van der Waals surface area contributed by atoms with E-state index >= 15 is 0 Å². The predicted molar refractivity (Wildman–Crippen MR) is 101 cm³/mol. The Morgan fingerprint density at radius 1 is 1.19 bits per heavy atom. The number of hydrogen-bond donors (Lipinski definition) is 1. The van der Waals surface area contributed by atoms with Crippen LogP contribution in [0.1, 0.15) is 29.8 Å². The second-order valence-corrected chi connectivity index (χ2v) is 6.77. The molecule has 0 bridgehead atoms. The second kappa shape index (κ2) is 6.29. The van der Waals surface area contributed by atoms with Gasteiger partial charge in [0, 0.05) is 36.0 Å². The van der Waals surface area contributed by atoms with Crippen molar-refractivity contribution in [1.29, 1.82) is 0 Å². The van der Waals surface area contributed by atoms with Crippen LogP contribution in [0, 0.1) is 13.8 Å². The number of benzene rings is 1. The average Bonchev–Trinajstić information content (AvgIpc) is 3.24. The van der Waals surface area contributed by atoms with Gasteiger partial charge in [0.25, 0.3) is 5.56 Å². The number of nitrogens with zero attached hydrogens (tertiary/aromatic N) is 4. The first kappa shape index (κ1) is 16.3. The van der Waals surface area contributed by atoms with Crippen LogP contribution in [0.2, 0.25) is 0 Å². The van der Waals surface area contributed by atoms with Gasteiger partial charge in [-0.15, -0.1) is 0 Å². The summed E-state index contributed by atoms with van der Waals surface area (Å²) in [5.41, 5.74) is 5.48. The normalized spacial score (nSPS) is 12.6. The van der Waals surface area contributed by atoms with Gasteiger partial charge in [0.05, 0.1) is 17.4 Å². The van der Waals surface area contributed by atoms with Gasteiger partial charge in [-0.1, -0.05) is 23.8 Å². The Balaban J connectivity index is 1.77. The first-order chi connectivity index (χ1) is 12.5. The lowest BCUT2D eigenvalue weighted by molar-refractivity contribution is 0.484. The molecular weight excluding hydrogens is 326 g/mol. The van der Waals surface area contributed by atoms with Crippen LogP contribution in [0.3, 0.4) is 0 Å². The third-order valence-corrected chi connectivity index (χ3v) is 4.69. The molecule has 132 valence electrons. The molecule has 0 radical (unpaired) electrons. The van der Waals surface area contributed by atoms with Crippen molar-refractivity contribution in [1.82, 2.24) is 24.4 Å². The summed E-state index contributed by atoms with van der Waals surface area (Å²) in [6, 6.07) is 11.8. The number of aromatic amines is 1. The van der Waals surface area contributed by atoms with Crippen molar-refractivity contribution in [2.45, 2.75) is 33.2 Å². The maximum atomic E-state index is 12.6. The number of hydrogen-bond acceptors (Lipinski definition) is 3. The van der Waals surface area contributed by atoms with E-state index in [1.54, 1.807) is 12.3 Å². The monoisotopic (exact) mass is 347 g/mol. The molecule has 0 spiro atoms. The van der Waals surface area contributed by atoms with Crippen LogP contribution in [-0.2, 0) is 6.42 Å². The van der Waals surface area contributed by atoms with Crippen molar-refractivity contribution < 1.29 is 0 Å². The van der Waals surface area contributed by atoms with Gasteiger partial charge in [0.2, 0.25) is 0 Å². The highest BCUT2D eigenvalue weighted by Gasteiger charge is 2.15. The summed E-state index contributed by atoms with van der Waals surface area (Å²) in [5, 5.41) is 7.47. The Morgan fingerprint density at radius 2 is 2.04 bits per heavy atom. The molecule has 3 heterocycles. The summed E-state index contributed by atoms with van der Waals surface area (Å²) in [4.78, 5) is 17.3. The van der Waals surface area contributed by atoms with E-state index in [0.717, 1.165) is 22.5 Å². The Kier molecular flexibility index (Phi) is 3.95. The summed E-state index contributed by atoms with van der Waals surface area (Å²) >= 11 is 0. The zero-order valence-electron chi connectivity index (χ0n) is 15.1. The highest BCUT2D eigenvalue weighted by atomic mass is 16.1. The molecule has 6 heteroatoms. The van der Waals surface area contributed by atoms with Gasteiger partial charge in [0.1, 0.15) is 0 Å². The van der Waals surface area contributed by atoms with Crippen molar-refractivity contribution in [3.8, 4) is 11.3 Å². The van der Waals surface area contributed by atoms with Gasteiger partial charge < -0.3 is 0 Å². The Morgan fingerprint density at radius 3 is 2.77 bits per heavy atom. The van der Waals surface area contributed by atoms with E-state index in [4.69, 9.17) is 4.98 Å². The standard InChI is InChI=1S/C20H21N5O/c1-13-6-4-7-16(10-13)19-15(3)20-22-17(12-18(26)25(20)23-19)11-14(2)24-9-5-8-21-24/h4-10,12,14,23H,11H2,1-3H3/t14-/m0/s1. The fourth-order valence-corrected chi connectivity index (χ4v) is 3.32. The van der Waals surface area contributed by atoms with E-state index in [1.165, 1.54) is 10.1 Å². The molecule has 1 aromatic carbocycles. The van der Waals surface area contributed by atoms with Crippen LogP contribution < -0.4 is 5.56 Å². The van der Waals surface area contributed by atoms with Crippen LogP contribution in [0.4, 0.5) is 0 Å². The van der Waals surface area contributed by atoms with E-state index in [9.17, 15) is 4.79 Å². The fourth-order valence-electron chi connectivity index (χ4n) is 3.32. The quantitative estimate of drug-likeness (QED) is 0.616. The Hall–Kier alpha value is -3.15. The second-order valence-electron chi connectivity index (χ2n) is 6.77. The van der Waals surface area contributed by atoms with E-state index in [-0.39, 0.29) is 11.6 Å². The molecule has 4 aromatic rings. The molecule has 1 N–H and O–H groups in total. The molecule has 3 aromatic heterocycles. The maximum Gasteiger partial charge on any atom is 0.272 e. The minimum Gasteiger partial charge on any atom is -0.289 e. The van der Waals surface area contributed by atoms with Gasteiger partial charge in [-0.25, -0.2) is 9.50 Å². The van der Waals surface area contributed by atoms with Crippen molar-refractivity contribution >= 4 is 5.65 Å². The summed E-state index contributed by atoms with van der Waals surface area (Å²) in [6.07, 6.45) is 4.33. The predicted octanol–water partition coefficient (Wildman–Crippen LogP) is 3.31. The molecular formula is C20H21N5O. The molecule has 0 aliphatic carbocycles. The third kappa shape index (κ3) is 2.83. The first-order valence-corrected chi connectivity index (χ1v) is 8.70. The van der Waals surface area contributed by atoms with Gasteiger partial charge >= 0.3 is 0 Å². The molecule has 0 fully saturated rings. The van der Waals surface area contributed by atoms with Crippen LogP contribution >= 0.6 is 0 Å². The van der Waals surface area contributed by atoms with E-state index in [1.807, 2.05) is 36.0 Å². The van der Waals surface area contributed by atoms with Crippen molar-refractivity contribution in [3.63, 3.8) is 0 Å². The summed E-state index contributed by atoms with van der Waals surface area (Å²) in [6.45, 7) is 6.12. The van der Waals surface area contributed by atoms with E-state index < -0.39 is 0 Å². The van der Waals surface area contributed by atoms with Gasteiger partial charge in [-0.3, -0.25) is 14.6 Å². The molecule has 0 saturated carbocycles. The zero-order chi connectivity index (χ0) is 18.3. The lowest BCUT2D eigenvalue weighted by Crippen LogP contribution is -2.18. The topological polar surface area (TPSA) is 68.0 Å². The molecule has 0 aliphatic rings. The van der Waals surface area contributed by atoms with Gasteiger partial charge in [-0.05, 0) is 32.9 Å². The van der Waals surface area contributed by atoms with Crippen LogP contribution in [0.25, 0.3) is 16.9 Å². The third-order valence-electron chi connectivity index (χ3n) is 4.69. The highest BCUT2D eigenvalue weighted by Crippen LogP contribution is 2.25. The van der Waals surface area contributed by atoms with Gasteiger partial charge in [0.15, 0.2) is 5.65 Å². The summed E-state index contributed by atoms with van der Waals surface area (Å²) in [5.74, 6) is 0. The highest BCUT2D eigenvalue weighted by molar-refractivity contribution is 5.70. The SMILES string of the molecule is Cc1cccc(-c2[nH]n3c(=O)cc(C[C@H](C)n4cccn4)nc3c2C)c1. The number of nitrogens with one attached hydrogen (secondary N) is 1. The molecule has 6 nitrogen and oxygen atoms in total. The largest absolute Gasteiger partial charge is 0.289 e. The van der Waals surface area contributed by atoms with E-state index in [2.05, 4.69) is 36.2 Å². The minimum absolute atomic E-state index is 0.0975. The summed E-state index contributed by atoms with van der Waals surface area (Å²) in [7, 11) is 0. The molecule has 1 atom stereocenters. The maximum absolute atomic E-state index is 12.6. The lowest BCUT2D eigenvalue weighted by Gasteiger charge is -2.11. The Bertz CT molecular complexity index is 1120. The van der Waals surface area contributed by atoms with Crippen molar-refractivity contribution in [3.05, 3.63) is 76.0 Å². The van der Waals surface area contributed by atoms with Crippen LogP contribution in [0.15, 0.2) is 53.6 Å².